The van der Waals surface area contributed by atoms with E-state index in [0.29, 0.717) is 0 Å². The summed E-state index contributed by atoms with van der Waals surface area (Å²) in [5.41, 5.74) is 0. The average molecular weight is 244 g/mol. The zero-order chi connectivity index (χ0) is 11.4. The van der Waals surface area contributed by atoms with Gasteiger partial charge in [-0.1, -0.05) is 19.2 Å². The summed E-state index contributed by atoms with van der Waals surface area (Å²) < 4.78 is 36.3. The molecule has 2 nitrogen and oxygen atoms in total. The smallest absolute Gasteiger partial charge is 0.140 e. The first-order chi connectivity index (χ1) is 7.11. The molecule has 0 fully saturated rings. The molecule has 0 amide bonds. The summed E-state index contributed by atoms with van der Waals surface area (Å²) in [5.74, 6) is -0.652. The second-order valence-corrected chi connectivity index (χ2v) is 5.20. The summed E-state index contributed by atoms with van der Waals surface area (Å²) in [6, 6.07) is 4.04. The van der Waals surface area contributed by atoms with Gasteiger partial charge in [0.15, 0.2) is 0 Å². The number of hydrogen-bond acceptors (Lipinski definition) is 2. The Hall–Kier alpha value is -1.07. The third-order valence-electron chi connectivity index (χ3n) is 1.65. The first kappa shape index (κ1) is 12.0. The molecule has 0 aliphatic rings. The Balaban J connectivity index is 3.45. The molecule has 80 valence electrons. The fourth-order valence-electron chi connectivity index (χ4n) is 1.02. The molecule has 0 bridgehead atoms. The Morgan fingerprint density at radius 2 is 1.73 bits per heavy atom. The molecule has 5 heteroatoms. The standard InChI is InChI=1S/C10H9FO2S2/c1-3-14(12)9-7-5-6-8(11)10(9)15(13)4-2/h3-7H,1-2H2. The predicted molar refractivity (Wildman–Crippen MR) is 59.6 cm³/mol. The van der Waals surface area contributed by atoms with E-state index in [1.165, 1.54) is 23.6 Å². The fraction of sp³-hybridized carbons (Fsp3) is 0. The normalized spacial score (nSPS) is 14.2. The van der Waals surface area contributed by atoms with Crippen LogP contribution in [0.2, 0.25) is 0 Å². The summed E-state index contributed by atoms with van der Waals surface area (Å²) in [5, 5.41) is 2.26. The maximum absolute atomic E-state index is 13.4. The van der Waals surface area contributed by atoms with E-state index in [1.54, 1.807) is 0 Å². The molecule has 2 unspecified atom stereocenters. The van der Waals surface area contributed by atoms with E-state index in [0.717, 1.165) is 5.41 Å². The Kier molecular flexibility index (Phi) is 4.11. The average Bonchev–Trinajstić information content (AvgIpc) is 2.26. The lowest BCUT2D eigenvalue weighted by Gasteiger charge is -2.05. The topological polar surface area (TPSA) is 34.1 Å². The van der Waals surface area contributed by atoms with Crippen LogP contribution in [0.15, 0.2) is 52.0 Å². The van der Waals surface area contributed by atoms with E-state index in [2.05, 4.69) is 13.2 Å². The van der Waals surface area contributed by atoms with Crippen LogP contribution in [0, 0.1) is 5.82 Å². The molecule has 0 aromatic heterocycles. The quantitative estimate of drug-likeness (QED) is 0.814. The van der Waals surface area contributed by atoms with Crippen LogP contribution in [0.3, 0.4) is 0 Å². The first-order valence-electron chi connectivity index (χ1n) is 3.96. The summed E-state index contributed by atoms with van der Waals surface area (Å²) in [4.78, 5) is 0.0777. The predicted octanol–water partition coefficient (Wildman–Crippen LogP) is 2.33. The Bertz CT molecular complexity index is 455. The van der Waals surface area contributed by atoms with Gasteiger partial charge in [-0.2, -0.15) is 0 Å². The van der Waals surface area contributed by atoms with Crippen LogP contribution >= 0.6 is 0 Å². The highest BCUT2D eigenvalue weighted by atomic mass is 32.2. The van der Waals surface area contributed by atoms with Crippen molar-refractivity contribution >= 4 is 21.6 Å². The zero-order valence-electron chi connectivity index (χ0n) is 7.81. The van der Waals surface area contributed by atoms with E-state index >= 15 is 0 Å². The van der Waals surface area contributed by atoms with E-state index in [4.69, 9.17) is 0 Å². The van der Waals surface area contributed by atoms with Crippen molar-refractivity contribution in [1.29, 1.82) is 0 Å². The minimum Gasteiger partial charge on any atom is -0.250 e. The fourth-order valence-corrected chi connectivity index (χ4v) is 2.87. The summed E-state index contributed by atoms with van der Waals surface area (Å²) in [6.45, 7) is 6.66. The van der Waals surface area contributed by atoms with Crippen LogP contribution in [-0.4, -0.2) is 8.42 Å². The van der Waals surface area contributed by atoms with Gasteiger partial charge in [0.25, 0.3) is 0 Å². The van der Waals surface area contributed by atoms with Gasteiger partial charge in [0.2, 0.25) is 0 Å². The van der Waals surface area contributed by atoms with Crippen LogP contribution in [0.1, 0.15) is 0 Å². The summed E-state index contributed by atoms with van der Waals surface area (Å²) in [6.07, 6.45) is 0. The molecular weight excluding hydrogens is 235 g/mol. The van der Waals surface area contributed by atoms with E-state index in [-0.39, 0.29) is 9.79 Å². The van der Waals surface area contributed by atoms with Crippen LogP contribution in [0.25, 0.3) is 0 Å². The van der Waals surface area contributed by atoms with Crippen molar-refractivity contribution < 1.29 is 12.8 Å². The lowest BCUT2D eigenvalue weighted by Crippen LogP contribution is -1.99. The SMILES string of the molecule is C=CS(=O)c1cccc(F)c1S(=O)C=C. The van der Waals surface area contributed by atoms with Gasteiger partial charge >= 0.3 is 0 Å². The van der Waals surface area contributed by atoms with Gasteiger partial charge < -0.3 is 0 Å². The lowest BCUT2D eigenvalue weighted by atomic mass is 10.3. The number of hydrogen-bond donors (Lipinski definition) is 0. The first-order valence-corrected chi connectivity index (χ1v) is 6.39. The van der Waals surface area contributed by atoms with Crippen molar-refractivity contribution in [3.8, 4) is 0 Å². The number of benzene rings is 1. The van der Waals surface area contributed by atoms with Gasteiger partial charge in [-0.25, -0.2) is 12.8 Å². The van der Waals surface area contributed by atoms with E-state index < -0.39 is 27.4 Å². The minimum atomic E-state index is -1.69. The zero-order valence-corrected chi connectivity index (χ0v) is 9.44. The van der Waals surface area contributed by atoms with Crippen LogP contribution in [-0.2, 0) is 21.6 Å². The molecule has 0 saturated carbocycles. The van der Waals surface area contributed by atoms with Gasteiger partial charge in [-0.15, -0.1) is 0 Å². The van der Waals surface area contributed by atoms with Crippen molar-refractivity contribution in [2.75, 3.05) is 0 Å². The Labute approximate surface area is 92.4 Å². The summed E-state index contributed by atoms with van der Waals surface area (Å²) in [7, 11) is -3.24. The van der Waals surface area contributed by atoms with Crippen molar-refractivity contribution in [2.45, 2.75) is 9.79 Å². The molecule has 1 aromatic rings. The van der Waals surface area contributed by atoms with Crippen molar-refractivity contribution in [3.63, 3.8) is 0 Å². The lowest BCUT2D eigenvalue weighted by molar-refractivity contribution is 0.586. The Morgan fingerprint density at radius 3 is 2.27 bits per heavy atom. The van der Waals surface area contributed by atoms with Gasteiger partial charge in [0, 0.05) is 10.8 Å². The summed E-state index contributed by atoms with van der Waals surface area (Å²) >= 11 is 0. The molecule has 0 aliphatic carbocycles. The molecule has 0 radical (unpaired) electrons. The maximum Gasteiger partial charge on any atom is 0.140 e. The maximum atomic E-state index is 13.4. The highest BCUT2D eigenvalue weighted by molar-refractivity contribution is 7.91. The van der Waals surface area contributed by atoms with Gasteiger partial charge in [0.05, 0.1) is 31.4 Å². The van der Waals surface area contributed by atoms with Gasteiger partial charge in [0.1, 0.15) is 5.82 Å². The van der Waals surface area contributed by atoms with Gasteiger partial charge in [-0.05, 0) is 12.1 Å². The molecule has 0 aliphatic heterocycles. The van der Waals surface area contributed by atoms with E-state index in [1.807, 2.05) is 0 Å². The third-order valence-corrected chi connectivity index (χ3v) is 3.98. The molecule has 0 spiro atoms. The highest BCUT2D eigenvalue weighted by Gasteiger charge is 2.15. The van der Waals surface area contributed by atoms with Crippen LogP contribution in [0.5, 0.6) is 0 Å². The molecule has 0 saturated heterocycles. The Morgan fingerprint density at radius 1 is 1.13 bits per heavy atom. The molecule has 2 atom stereocenters. The number of halogens is 1. The second-order valence-electron chi connectivity index (χ2n) is 2.50. The monoisotopic (exact) mass is 244 g/mol. The van der Waals surface area contributed by atoms with Crippen molar-refractivity contribution in [3.05, 3.63) is 48.0 Å². The molecule has 15 heavy (non-hydrogen) atoms. The van der Waals surface area contributed by atoms with Crippen molar-refractivity contribution in [2.24, 2.45) is 0 Å². The minimum absolute atomic E-state index is 0.0919. The molecule has 1 rings (SSSR count). The molecule has 1 aromatic carbocycles. The van der Waals surface area contributed by atoms with E-state index in [9.17, 15) is 12.8 Å². The largest absolute Gasteiger partial charge is 0.250 e. The van der Waals surface area contributed by atoms with Crippen LogP contribution in [0.4, 0.5) is 4.39 Å². The second kappa shape index (κ2) is 5.14. The molecule has 0 heterocycles. The number of rotatable bonds is 4. The van der Waals surface area contributed by atoms with Crippen LogP contribution < -0.4 is 0 Å². The van der Waals surface area contributed by atoms with Gasteiger partial charge in [-0.3, -0.25) is 0 Å². The molecule has 0 N–H and O–H groups in total. The third kappa shape index (κ3) is 2.49. The highest BCUT2D eigenvalue weighted by Crippen LogP contribution is 2.22. The molecular formula is C10H9FO2S2. The van der Waals surface area contributed by atoms with Crippen molar-refractivity contribution in [1.82, 2.24) is 0 Å².